The van der Waals surface area contributed by atoms with Crippen molar-refractivity contribution in [3.05, 3.63) is 29.3 Å². The summed E-state index contributed by atoms with van der Waals surface area (Å²) in [5, 5.41) is 2.91. The Hall–Kier alpha value is -2.57. The molecule has 1 saturated carbocycles. The van der Waals surface area contributed by atoms with E-state index >= 15 is 0 Å². The summed E-state index contributed by atoms with van der Waals surface area (Å²) >= 11 is 0. The predicted octanol–water partition coefficient (Wildman–Crippen LogP) is 2.32. The van der Waals surface area contributed by atoms with Crippen molar-refractivity contribution in [3.63, 3.8) is 0 Å². The van der Waals surface area contributed by atoms with Gasteiger partial charge < -0.3 is 19.9 Å². The summed E-state index contributed by atoms with van der Waals surface area (Å²) in [5.41, 5.74) is 2.02. The summed E-state index contributed by atoms with van der Waals surface area (Å²) in [6, 6.07) is 5.74. The molecule has 1 aromatic carbocycles. The van der Waals surface area contributed by atoms with Crippen LogP contribution in [-0.4, -0.2) is 60.5 Å². The van der Waals surface area contributed by atoms with E-state index in [1.807, 2.05) is 32.0 Å². The van der Waals surface area contributed by atoms with Gasteiger partial charge in [0.2, 0.25) is 11.8 Å². The van der Waals surface area contributed by atoms with Gasteiger partial charge in [-0.2, -0.15) is 0 Å². The van der Waals surface area contributed by atoms with Gasteiger partial charge in [0.25, 0.3) is 0 Å². The Kier molecular flexibility index (Phi) is 5.39. The Morgan fingerprint density at radius 2 is 1.67 bits per heavy atom. The standard InChI is InChI=1S/C20H27N3O4/c1-4-27-19(26)23-11-9-22(10-12-23)18(25)20(7-8-20)17(24)21-16-6-5-14(2)15(3)13-16/h5-6,13H,4,7-12H2,1-3H3,(H,21,24). The smallest absolute Gasteiger partial charge is 0.409 e. The van der Waals surface area contributed by atoms with E-state index in [1.54, 1.807) is 16.7 Å². The molecule has 1 aliphatic carbocycles. The number of rotatable bonds is 4. The van der Waals surface area contributed by atoms with Crippen LogP contribution in [0.25, 0.3) is 0 Å². The number of anilines is 1. The van der Waals surface area contributed by atoms with Crippen LogP contribution >= 0.6 is 0 Å². The lowest BCUT2D eigenvalue weighted by Gasteiger charge is -2.35. The number of carbonyl (C=O) groups is 3. The molecule has 0 unspecified atom stereocenters. The second-order valence-corrected chi connectivity index (χ2v) is 7.31. The number of benzene rings is 1. The molecule has 1 heterocycles. The molecule has 2 aliphatic rings. The monoisotopic (exact) mass is 373 g/mol. The van der Waals surface area contributed by atoms with Crippen molar-refractivity contribution in [1.29, 1.82) is 0 Å². The first-order valence-electron chi connectivity index (χ1n) is 9.47. The molecule has 0 atom stereocenters. The molecule has 7 heteroatoms. The average Bonchev–Trinajstić information content (AvgIpc) is 3.46. The Morgan fingerprint density at radius 3 is 2.22 bits per heavy atom. The van der Waals surface area contributed by atoms with Crippen molar-refractivity contribution in [2.75, 3.05) is 38.1 Å². The van der Waals surface area contributed by atoms with Gasteiger partial charge in [0, 0.05) is 31.9 Å². The van der Waals surface area contributed by atoms with E-state index in [1.165, 1.54) is 0 Å². The molecule has 2 fully saturated rings. The van der Waals surface area contributed by atoms with Crippen LogP contribution < -0.4 is 5.32 Å². The first kappa shape index (κ1) is 19.2. The quantitative estimate of drug-likeness (QED) is 0.822. The van der Waals surface area contributed by atoms with Crippen LogP contribution in [0.3, 0.4) is 0 Å². The Balaban J connectivity index is 1.60. The van der Waals surface area contributed by atoms with E-state index in [0.29, 0.717) is 51.3 Å². The van der Waals surface area contributed by atoms with Crippen molar-refractivity contribution in [3.8, 4) is 0 Å². The summed E-state index contributed by atoms with van der Waals surface area (Å²) in [5.74, 6) is -0.365. The summed E-state index contributed by atoms with van der Waals surface area (Å²) in [4.78, 5) is 40.8. The highest BCUT2D eigenvalue weighted by molar-refractivity contribution is 6.13. The molecular weight excluding hydrogens is 346 g/mol. The van der Waals surface area contributed by atoms with Crippen LogP contribution in [0, 0.1) is 19.3 Å². The topological polar surface area (TPSA) is 79.0 Å². The van der Waals surface area contributed by atoms with Gasteiger partial charge in [0.05, 0.1) is 6.61 Å². The lowest BCUT2D eigenvalue weighted by Crippen LogP contribution is -2.53. The molecular formula is C20H27N3O4. The predicted molar refractivity (Wildman–Crippen MR) is 101 cm³/mol. The molecule has 1 aliphatic heterocycles. The summed E-state index contributed by atoms with van der Waals surface area (Å²) in [6.45, 7) is 7.82. The van der Waals surface area contributed by atoms with Gasteiger partial charge in [-0.3, -0.25) is 9.59 Å². The van der Waals surface area contributed by atoms with E-state index in [-0.39, 0.29) is 17.9 Å². The van der Waals surface area contributed by atoms with Crippen molar-refractivity contribution in [2.24, 2.45) is 5.41 Å². The van der Waals surface area contributed by atoms with Gasteiger partial charge in [0.15, 0.2) is 0 Å². The maximum atomic E-state index is 13.0. The highest BCUT2D eigenvalue weighted by Gasteiger charge is 2.58. The number of piperazine rings is 1. The van der Waals surface area contributed by atoms with E-state index in [2.05, 4.69) is 5.32 Å². The second-order valence-electron chi connectivity index (χ2n) is 7.31. The minimum absolute atomic E-state index is 0.132. The number of ether oxygens (including phenoxy) is 1. The van der Waals surface area contributed by atoms with Crippen LogP contribution in [0.5, 0.6) is 0 Å². The lowest BCUT2D eigenvalue weighted by atomic mass is 10.0. The molecule has 0 radical (unpaired) electrons. The fourth-order valence-corrected chi connectivity index (χ4v) is 3.34. The van der Waals surface area contributed by atoms with Gasteiger partial charge in [-0.15, -0.1) is 0 Å². The fraction of sp³-hybridized carbons (Fsp3) is 0.550. The third-order valence-corrected chi connectivity index (χ3v) is 5.45. The normalized spacial score (nSPS) is 18.0. The average molecular weight is 373 g/mol. The zero-order valence-corrected chi connectivity index (χ0v) is 16.2. The molecule has 146 valence electrons. The SMILES string of the molecule is CCOC(=O)N1CCN(C(=O)C2(C(=O)Nc3ccc(C)c(C)c3)CC2)CC1. The van der Waals surface area contributed by atoms with Crippen LogP contribution in [0.1, 0.15) is 30.9 Å². The summed E-state index contributed by atoms with van der Waals surface area (Å²) in [6.07, 6.45) is 0.791. The second kappa shape index (κ2) is 7.58. The Bertz CT molecular complexity index is 750. The molecule has 7 nitrogen and oxygen atoms in total. The van der Waals surface area contributed by atoms with E-state index in [9.17, 15) is 14.4 Å². The van der Waals surface area contributed by atoms with Crippen LogP contribution in [-0.2, 0) is 14.3 Å². The van der Waals surface area contributed by atoms with E-state index < -0.39 is 5.41 Å². The lowest BCUT2D eigenvalue weighted by molar-refractivity contribution is -0.143. The largest absolute Gasteiger partial charge is 0.450 e. The third kappa shape index (κ3) is 3.91. The van der Waals surface area contributed by atoms with Crippen LogP contribution in [0.15, 0.2) is 18.2 Å². The Labute approximate surface area is 159 Å². The molecule has 1 N–H and O–H groups in total. The molecule has 0 aromatic heterocycles. The van der Waals surface area contributed by atoms with Gasteiger partial charge >= 0.3 is 6.09 Å². The van der Waals surface area contributed by atoms with E-state index in [0.717, 1.165) is 11.1 Å². The van der Waals surface area contributed by atoms with Gasteiger partial charge in [-0.1, -0.05) is 6.07 Å². The van der Waals surface area contributed by atoms with Crippen LogP contribution in [0.4, 0.5) is 10.5 Å². The van der Waals surface area contributed by atoms with Gasteiger partial charge in [-0.05, 0) is 56.9 Å². The highest BCUT2D eigenvalue weighted by Crippen LogP contribution is 2.48. The summed E-state index contributed by atoms with van der Waals surface area (Å²) < 4.78 is 5.00. The van der Waals surface area contributed by atoms with Crippen molar-refractivity contribution < 1.29 is 19.1 Å². The molecule has 0 spiro atoms. The molecule has 1 aromatic rings. The molecule has 27 heavy (non-hydrogen) atoms. The summed E-state index contributed by atoms with van der Waals surface area (Å²) in [7, 11) is 0. The number of nitrogens with zero attached hydrogens (tertiary/aromatic N) is 2. The van der Waals surface area contributed by atoms with Crippen molar-refractivity contribution >= 4 is 23.6 Å². The Morgan fingerprint density at radius 1 is 1.04 bits per heavy atom. The molecule has 3 rings (SSSR count). The van der Waals surface area contributed by atoms with Gasteiger partial charge in [-0.25, -0.2) is 4.79 Å². The maximum Gasteiger partial charge on any atom is 0.409 e. The molecule has 3 amide bonds. The number of aryl methyl sites for hydroxylation is 2. The van der Waals surface area contributed by atoms with Gasteiger partial charge in [0.1, 0.15) is 5.41 Å². The molecule has 1 saturated heterocycles. The van der Waals surface area contributed by atoms with E-state index in [4.69, 9.17) is 4.74 Å². The highest BCUT2D eigenvalue weighted by atomic mass is 16.6. The van der Waals surface area contributed by atoms with Crippen molar-refractivity contribution in [2.45, 2.75) is 33.6 Å². The number of amides is 3. The first-order valence-corrected chi connectivity index (χ1v) is 9.47. The third-order valence-electron chi connectivity index (χ3n) is 5.45. The van der Waals surface area contributed by atoms with Crippen LogP contribution in [0.2, 0.25) is 0 Å². The minimum Gasteiger partial charge on any atom is -0.450 e. The number of hydrogen-bond donors (Lipinski definition) is 1. The first-order chi connectivity index (χ1) is 12.9. The number of hydrogen-bond acceptors (Lipinski definition) is 4. The van der Waals surface area contributed by atoms with Crippen molar-refractivity contribution in [1.82, 2.24) is 9.80 Å². The number of carbonyl (C=O) groups excluding carboxylic acids is 3. The zero-order valence-electron chi connectivity index (χ0n) is 16.2. The zero-order chi connectivity index (χ0) is 19.6. The minimum atomic E-state index is -0.953. The fourth-order valence-electron chi connectivity index (χ4n) is 3.34. The maximum absolute atomic E-state index is 13.0. The number of nitrogens with one attached hydrogen (secondary N) is 1. The molecule has 0 bridgehead atoms.